The number of benzene rings is 2. The molecular weight excluding hydrogens is 396 g/mol. The van der Waals surface area contributed by atoms with Gasteiger partial charge in [0.15, 0.2) is 6.10 Å². The topological polar surface area (TPSA) is 108 Å². The Labute approximate surface area is 170 Å². The first kappa shape index (κ1) is 20.3. The van der Waals surface area contributed by atoms with Crippen LogP contribution in [0.25, 0.3) is 10.1 Å². The molecule has 0 saturated carbocycles. The van der Waals surface area contributed by atoms with Crippen LogP contribution in [0.15, 0.2) is 48.5 Å². The number of para-hydroxylation sites is 1. The number of hydrogen-bond donors (Lipinski definition) is 1. The summed E-state index contributed by atoms with van der Waals surface area (Å²) >= 11 is 1.15. The molecule has 0 fully saturated rings. The molecule has 8 nitrogen and oxygen atoms in total. The van der Waals surface area contributed by atoms with Crippen LogP contribution in [0.1, 0.15) is 22.2 Å². The predicted molar refractivity (Wildman–Crippen MR) is 108 cm³/mol. The Kier molecular flexibility index (Phi) is 6.08. The minimum Gasteiger partial charge on any atom is -0.496 e. The van der Waals surface area contributed by atoms with E-state index in [4.69, 9.17) is 9.47 Å². The number of rotatable bonds is 7. The highest BCUT2D eigenvalue weighted by Crippen LogP contribution is 2.29. The van der Waals surface area contributed by atoms with Crippen LogP contribution in [0.4, 0.5) is 5.69 Å². The fraction of sp³-hybridized carbons (Fsp3) is 0.200. The number of esters is 1. The fourth-order valence-electron chi connectivity index (χ4n) is 2.69. The van der Waals surface area contributed by atoms with Crippen molar-refractivity contribution in [2.75, 3.05) is 7.11 Å². The number of fused-ring (bicyclic) bond motifs is 1. The molecule has 3 aromatic rings. The molecule has 0 unspecified atom stereocenters. The van der Waals surface area contributed by atoms with Crippen LogP contribution >= 0.6 is 11.3 Å². The molecule has 0 aliphatic heterocycles. The van der Waals surface area contributed by atoms with Crippen molar-refractivity contribution in [2.45, 2.75) is 19.6 Å². The van der Waals surface area contributed by atoms with Crippen LogP contribution in [0.3, 0.4) is 0 Å². The molecule has 2 aromatic carbocycles. The summed E-state index contributed by atoms with van der Waals surface area (Å²) in [4.78, 5) is 35.3. The van der Waals surface area contributed by atoms with Crippen molar-refractivity contribution in [3.8, 4) is 5.75 Å². The van der Waals surface area contributed by atoms with Crippen LogP contribution in [0, 0.1) is 10.1 Å². The van der Waals surface area contributed by atoms with Gasteiger partial charge in [-0.2, -0.15) is 0 Å². The van der Waals surface area contributed by atoms with E-state index in [-0.39, 0.29) is 17.1 Å². The summed E-state index contributed by atoms with van der Waals surface area (Å²) in [7, 11) is 1.55. The Morgan fingerprint density at radius 1 is 1.21 bits per heavy atom. The van der Waals surface area contributed by atoms with Crippen LogP contribution < -0.4 is 10.1 Å². The van der Waals surface area contributed by atoms with Gasteiger partial charge in [-0.3, -0.25) is 14.9 Å². The lowest BCUT2D eigenvalue weighted by molar-refractivity contribution is -0.384. The van der Waals surface area contributed by atoms with Crippen molar-refractivity contribution in [1.29, 1.82) is 0 Å². The molecule has 1 aromatic heterocycles. The van der Waals surface area contributed by atoms with Gasteiger partial charge < -0.3 is 14.8 Å². The number of nitrogens with one attached hydrogen (secondary N) is 1. The molecule has 0 radical (unpaired) electrons. The third-order valence-corrected chi connectivity index (χ3v) is 5.31. The number of thiophene rings is 1. The van der Waals surface area contributed by atoms with E-state index in [1.807, 2.05) is 18.2 Å². The molecule has 29 heavy (non-hydrogen) atoms. The fourth-order valence-corrected chi connectivity index (χ4v) is 3.62. The summed E-state index contributed by atoms with van der Waals surface area (Å²) in [5, 5.41) is 14.2. The number of nitrogens with zero attached hydrogens (tertiary/aromatic N) is 1. The monoisotopic (exact) mass is 414 g/mol. The van der Waals surface area contributed by atoms with Gasteiger partial charge in [-0.05, 0) is 25.1 Å². The molecule has 0 spiro atoms. The van der Waals surface area contributed by atoms with E-state index in [9.17, 15) is 19.7 Å². The van der Waals surface area contributed by atoms with E-state index in [0.29, 0.717) is 11.1 Å². The number of nitro benzene ring substituents is 1. The maximum Gasteiger partial charge on any atom is 0.349 e. The molecule has 3 rings (SSSR count). The van der Waals surface area contributed by atoms with Gasteiger partial charge in [-0.15, -0.1) is 11.3 Å². The SMILES string of the molecule is COc1ccccc1CNC(=O)[C@@H](C)OC(=O)c1cc2cc([N+](=O)[O-])ccc2s1. The Morgan fingerprint density at radius 2 is 1.97 bits per heavy atom. The average Bonchev–Trinajstić information content (AvgIpc) is 3.15. The minimum atomic E-state index is -1.00. The predicted octanol–water partition coefficient (Wildman–Crippen LogP) is 3.68. The van der Waals surface area contributed by atoms with Crippen molar-refractivity contribution in [1.82, 2.24) is 5.32 Å². The first-order valence-corrected chi connectivity index (χ1v) is 9.49. The number of amides is 1. The van der Waals surface area contributed by atoms with Gasteiger partial charge in [-0.1, -0.05) is 18.2 Å². The van der Waals surface area contributed by atoms with E-state index in [1.54, 1.807) is 19.2 Å². The number of non-ortho nitro benzene ring substituents is 1. The van der Waals surface area contributed by atoms with Gasteiger partial charge >= 0.3 is 5.97 Å². The third kappa shape index (κ3) is 4.69. The van der Waals surface area contributed by atoms with Gasteiger partial charge in [0.1, 0.15) is 10.6 Å². The molecule has 1 amide bonds. The molecular formula is C20H18N2O6S. The van der Waals surface area contributed by atoms with E-state index in [0.717, 1.165) is 21.6 Å². The molecule has 1 heterocycles. The lowest BCUT2D eigenvalue weighted by Gasteiger charge is -2.14. The molecule has 150 valence electrons. The van der Waals surface area contributed by atoms with Crippen molar-refractivity contribution in [2.24, 2.45) is 0 Å². The Bertz CT molecular complexity index is 1080. The summed E-state index contributed by atoms with van der Waals surface area (Å²) < 4.78 is 11.2. The largest absolute Gasteiger partial charge is 0.496 e. The highest BCUT2D eigenvalue weighted by atomic mass is 32.1. The lowest BCUT2D eigenvalue weighted by atomic mass is 10.2. The molecule has 0 aliphatic carbocycles. The van der Waals surface area contributed by atoms with Crippen molar-refractivity contribution in [3.63, 3.8) is 0 Å². The minimum absolute atomic E-state index is 0.0562. The lowest BCUT2D eigenvalue weighted by Crippen LogP contribution is -2.35. The van der Waals surface area contributed by atoms with Crippen molar-refractivity contribution < 1.29 is 24.0 Å². The summed E-state index contributed by atoms with van der Waals surface area (Å²) in [6.45, 7) is 1.71. The van der Waals surface area contributed by atoms with Gasteiger partial charge in [-0.25, -0.2) is 4.79 Å². The molecule has 0 aliphatic rings. The molecule has 1 N–H and O–H groups in total. The van der Waals surface area contributed by atoms with Crippen LogP contribution in [-0.2, 0) is 16.1 Å². The highest BCUT2D eigenvalue weighted by Gasteiger charge is 2.21. The average molecular weight is 414 g/mol. The van der Waals surface area contributed by atoms with E-state index < -0.39 is 22.9 Å². The summed E-state index contributed by atoms with van der Waals surface area (Å²) in [5.41, 5.74) is 0.743. The van der Waals surface area contributed by atoms with E-state index in [2.05, 4.69) is 5.32 Å². The van der Waals surface area contributed by atoms with Crippen molar-refractivity contribution in [3.05, 3.63) is 69.1 Å². The molecule has 1 atom stereocenters. The van der Waals surface area contributed by atoms with Crippen LogP contribution in [0.5, 0.6) is 5.75 Å². The van der Waals surface area contributed by atoms with Gasteiger partial charge in [0, 0.05) is 34.3 Å². The second-order valence-electron chi connectivity index (χ2n) is 6.17. The Hall–Kier alpha value is -3.46. The summed E-state index contributed by atoms with van der Waals surface area (Å²) in [5.74, 6) is -0.452. The normalized spacial score (nSPS) is 11.7. The summed E-state index contributed by atoms with van der Waals surface area (Å²) in [6, 6.07) is 13.2. The van der Waals surface area contributed by atoms with Crippen molar-refractivity contribution >= 4 is 39.0 Å². The Morgan fingerprint density at radius 3 is 2.69 bits per heavy atom. The molecule has 0 bridgehead atoms. The second-order valence-corrected chi connectivity index (χ2v) is 7.25. The number of methoxy groups -OCH3 is 1. The third-order valence-electron chi connectivity index (χ3n) is 4.21. The standard InChI is InChI=1S/C20H18N2O6S/c1-12(19(23)21-11-13-5-3-4-6-16(13)27-2)28-20(24)18-10-14-9-15(22(25)26)7-8-17(14)29-18/h3-10,12H,11H2,1-2H3,(H,21,23)/t12-/m1/s1. The highest BCUT2D eigenvalue weighted by molar-refractivity contribution is 7.20. The van der Waals surface area contributed by atoms with E-state index in [1.165, 1.54) is 25.1 Å². The van der Waals surface area contributed by atoms with Gasteiger partial charge in [0.2, 0.25) is 0 Å². The number of ether oxygens (including phenoxy) is 2. The number of nitro groups is 1. The molecule has 9 heteroatoms. The zero-order chi connectivity index (χ0) is 21.0. The number of carbonyl (C=O) groups is 2. The first-order valence-electron chi connectivity index (χ1n) is 8.67. The van der Waals surface area contributed by atoms with Crippen LogP contribution in [0.2, 0.25) is 0 Å². The summed E-state index contributed by atoms with van der Waals surface area (Å²) in [6.07, 6.45) is -1.00. The zero-order valence-corrected chi connectivity index (χ0v) is 16.5. The Balaban J connectivity index is 1.63. The van der Waals surface area contributed by atoms with Gasteiger partial charge in [0.25, 0.3) is 11.6 Å². The van der Waals surface area contributed by atoms with Gasteiger partial charge in [0.05, 0.1) is 12.0 Å². The number of hydrogen-bond acceptors (Lipinski definition) is 7. The second kappa shape index (κ2) is 8.70. The van der Waals surface area contributed by atoms with Crippen LogP contribution in [-0.4, -0.2) is 30.0 Å². The molecule has 0 saturated heterocycles. The smallest absolute Gasteiger partial charge is 0.349 e. The quantitative estimate of drug-likeness (QED) is 0.359. The first-order chi connectivity index (χ1) is 13.9. The maximum absolute atomic E-state index is 12.4. The number of carbonyl (C=O) groups excluding carboxylic acids is 2. The zero-order valence-electron chi connectivity index (χ0n) is 15.7. The maximum atomic E-state index is 12.4. The van der Waals surface area contributed by atoms with E-state index >= 15 is 0 Å².